The largest absolute Gasteiger partial charge is 0.372 e. The van der Waals surface area contributed by atoms with Crippen molar-refractivity contribution in [3.05, 3.63) is 57.5 Å². The topological polar surface area (TPSA) is 55.3 Å². The summed E-state index contributed by atoms with van der Waals surface area (Å²) in [4.78, 5) is 22.3. The minimum atomic E-state index is -0.112. The van der Waals surface area contributed by atoms with E-state index in [4.69, 9.17) is 16.3 Å². The van der Waals surface area contributed by atoms with Gasteiger partial charge in [0.1, 0.15) is 5.15 Å². The van der Waals surface area contributed by atoms with Crippen molar-refractivity contribution < 1.29 is 9.53 Å². The van der Waals surface area contributed by atoms with Gasteiger partial charge in [-0.15, -0.1) is 0 Å². The molecule has 2 aromatic heterocycles. The van der Waals surface area contributed by atoms with Crippen LogP contribution in [0.2, 0.25) is 5.15 Å². The van der Waals surface area contributed by atoms with Gasteiger partial charge in [-0.1, -0.05) is 11.6 Å². The number of carbonyl (C=O) groups is 1. The lowest BCUT2D eigenvalue weighted by Gasteiger charge is -2.17. The molecule has 0 bridgehead atoms. The van der Waals surface area contributed by atoms with Gasteiger partial charge in [-0.3, -0.25) is 9.78 Å². The molecule has 0 radical (unpaired) electrons. The van der Waals surface area contributed by atoms with Crippen molar-refractivity contribution in [2.75, 3.05) is 13.1 Å². The fourth-order valence-electron chi connectivity index (χ4n) is 2.48. The maximum atomic E-state index is 12.6. The van der Waals surface area contributed by atoms with Gasteiger partial charge < -0.3 is 9.64 Å². The van der Waals surface area contributed by atoms with E-state index in [0.29, 0.717) is 25.3 Å². The Kier molecular flexibility index (Phi) is 5.25. The second-order valence-electron chi connectivity index (χ2n) is 5.32. The molecule has 1 atom stereocenters. The lowest BCUT2D eigenvalue weighted by atomic mass is 10.2. The fourth-order valence-corrected chi connectivity index (χ4v) is 3.00. The number of rotatable bonds is 4. The van der Waals surface area contributed by atoms with Crippen molar-refractivity contribution >= 4 is 33.4 Å². The number of nitrogens with zero attached hydrogens (tertiary/aromatic N) is 3. The lowest BCUT2D eigenvalue weighted by molar-refractivity contribution is 0.0437. The van der Waals surface area contributed by atoms with Crippen LogP contribution >= 0.6 is 27.5 Å². The monoisotopic (exact) mass is 395 g/mol. The Bertz CT molecular complexity index is 699. The summed E-state index contributed by atoms with van der Waals surface area (Å²) in [6.07, 6.45) is 5.90. The number of halogens is 2. The summed E-state index contributed by atoms with van der Waals surface area (Å²) in [5.74, 6) is -0.112. The first-order valence-electron chi connectivity index (χ1n) is 7.24. The van der Waals surface area contributed by atoms with Crippen LogP contribution in [-0.4, -0.2) is 40.0 Å². The summed E-state index contributed by atoms with van der Waals surface area (Å²) >= 11 is 9.34. The zero-order valence-electron chi connectivity index (χ0n) is 12.3. The van der Waals surface area contributed by atoms with Crippen LogP contribution in [0.5, 0.6) is 0 Å². The summed E-state index contributed by atoms with van der Waals surface area (Å²) in [7, 11) is 0. The summed E-state index contributed by atoms with van der Waals surface area (Å²) in [6, 6.07) is 5.54. The molecule has 1 fully saturated rings. The highest BCUT2D eigenvalue weighted by molar-refractivity contribution is 9.10. The number of carbonyl (C=O) groups excluding carboxylic acids is 1. The second-order valence-corrected chi connectivity index (χ2v) is 6.59. The van der Waals surface area contributed by atoms with Crippen LogP contribution in [-0.2, 0) is 11.3 Å². The van der Waals surface area contributed by atoms with E-state index in [-0.39, 0.29) is 17.2 Å². The molecular formula is C16H15BrClN3O2. The van der Waals surface area contributed by atoms with Crippen molar-refractivity contribution in [1.29, 1.82) is 0 Å². The van der Waals surface area contributed by atoms with Gasteiger partial charge in [0, 0.05) is 36.2 Å². The van der Waals surface area contributed by atoms with Crippen LogP contribution in [0, 0.1) is 0 Å². The maximum absolute atomic E-state index is 12.6. The Morgan fingerprint density at radius 1 is 1.43 bits per heavy atom. The first-order chi connectivity index (χ1) is 11.1. The molecule has 1 aliphatic rings. The van der Waals surface area contributed by atoms with Crippen LogP contribution in [0.1, 0.15) is 22.3 Å². The van der Waals surface area contributed by atoms with Crippen molar-refractivity contribution in [2.45, 2.75) is 19.1 Å². The molecule has 2 aromatic rings. The number of aromatic nitrogens is 2. The number of hydrogen-bond donors (Lipinski definition) is 0. The first-order valence-corrected chi connectivity index (χ1v) is 8.41. The molecule has 3 heterocycles. The highest BCUT2D eigenvalue weighted by Crippen LogP contribution is 2.23. The van der Waals surface area contributed by atoms with Crippen LogP contribution in [0.15, 0.2) is 41.3 Å². The molecule has 0 aliphatic carbocycles. The van der Waals surface area contributed by atoms with E-state index < -0.39 is 0 Å². The third-order valence-corrected chi connectivity index (χ3v) is 4.44. The molecule has 3 rings (SSSR count). The van der Waals surface area contributed by atoms with Gasteiger partial charge in [-0.25, -0.2) is 4.98 Å². The highest BCUT2D eigenvalue weighted by atomic mass is 79.9. The molecule has 5 nitrogen and oxygen atoms in total. The van der Waals surface area contributed by atoms with Gasteiger partial charge in [-0.05, 0) is 46.1 Å². The highest BCUT2D eigenvalue weighted by Gasteiger charge is 2.29. The average molecular weight is 397 g/mol. The molecule has 0 aromatic carbocycles. The summed E-state index contributed by atoms with van der Waals surface area (Å²) in [6.45, 7) is 1.74. The molecule has 0 N–H and O–H groups in total. The van der Waals surface area contributed by atoms with E-state index >= 15 is 0 Å². The zero-order valence-corrected chi connectivity index (χ0v) is 14.6. The van der Waals surface area contributed by atoms with Crippen LogP contribution < -0.4 is 0 Å². The van der Waals surface area contributed by atoms with E-state index in [2.05, 4.69) is 25.9 Å². The molecule has 1 aliphatic heterocycles. The van der Waals surface area contributed by atoms with Gasteiger partial charge in [0.2, 0.25) is 0 Å². The molecule has 0 unspecified atom stereocenters. The van der Waals surface area contributed by atoms with Crippen molar-refractivity contribution in [3.8, 4) is 0 Å². The number of amides is 1. The predicted molar refractivity (Wildman–Crippen MR) is 90.3 cm³/mol. The summed E-state index contributed by atoms with van der Waals surface area (Å²) < 4.78 is 6.61. The first kappa shape index (κ1) is 16.4. The van der Waals surface area contributed by atoms with Gasteiger partial charge in [0.05, 0.1) is 18.3 Å². The average Bonchev–Trinajstić information content (AvgIpc) is 3.04. The van der Waals surface area contributed by atoms with E-state index in [1.165, 1.54) is 0 Å². The van der Waals surface area contributed by atoms with Crippen molar-refractivity contribution in [2.24, 2.45) is 0 Å². The number of hydrogen-bond acceptors (Lipinski definition) is 4. The van der Waals surface area contributed by atoms with E-state index in [9.17, 15) is 4.79 Å². The molecule has 23 heavy (non-hydrogen) atoms. The Hall–Kier alpha value is -1.50. The molecule has 0 spiro atoms. The van der Waals surface area contributed by atoms with Gasteiger partial charge in [0.25, 0.3) is 5.91 Å². The smallest absolute Gasteiger partial charge is 0.257 e. The van der Waals surface area contributed by atoms with Gasteiger partial charge >= 0.3 is 0 Å². The standard InChI is InChI=1S/C16H15BrClN3O2/c17-12-7-14(15(18)20-8-12)16(22)21-6-3-13(9-21)23-10-11-1-4-19-5-2-11/h1-2,4-5,7-8,13H,3,6,9-10H2/t13-/m0/s1. The molecule has 1 saturated heterocycles. The normalized spacial score (nSPS) is 17.5. The fraction of sp³-hybridized carbons (Fsp3) is 0.312. The summed E-state index contributed by atoms with van der Waals surface area (Å²) in [5.41, 5.74) is 1.49. The molecule has 7 heteroatoms. The SMILES string of the molecule is O=C(c1cc(Br)cnc1Cl)N1CC[C@H](OCc2ccncc2)C1. The minimum absolute atomic E-state index is 0.0333. The quantitative estimate of drug-likeness (QED) is 0.744. The lowest BCUT2D eigenvalue weighted by Crippen LogP contribution is -2.30. The molecule has 120 valence electrons. The van der Waals surface area contributed by atoms with E-state index in [0.717, 1.165) is 16.5 Å². The molecular weight excluding hydrogens is 382 g/mol. The van der Waals surface area contributed by atoms with Crippen LogP contribution in [0.25, 0.3) is 0 Å². The zero-order chi connectivity index (χ0) is 16.2. The van der Waals surface area contributed by atoms with Crippen LogP contribution in [0.3, 0.4) is 0 Å². The number of pyridine rings is 2. The third-order valence-electron chi connectivity index (χ3n) is 3.70. The molecule has 0 saturated carbocycles. The third kappa shape index (κ3) is 4.07. The Morgan fingerprint density at radius 3 is 3.00 bits per heavy atom. The van der Waals surface area contributed by atoms with Crippen molar-refractivity contribution in [3.63, 3.8) is 0 Å². The van der Waals surface area contributed by atoms with Gasteiger partial charge in [-0.2, -0.15) is 0 Å². The van der Waals surface area contributed by atoms with E-state index in [1.54, 1.807) is 29.6 Å². The van der Waals surface area contributed by atoms with Crippen LogP contribution in [0.4, 0.5) is 0 Å². The van der Waals surface area contributed by atoms with Gasteiger partial charge in [0.15, 0.2) is 0 Å². The minimum Gasteiger partial charge on any atom is -0.372 e. The summed E-state index contributed by atoms with van der Waals surface area (Å²) in [5, 5.41) is 0.222. The number of ether oxygens (including phenoxy) is 1. The second kappa shape index (κ2) is 7.38. The Morgan fingerprint density at radius 2 is 2.22 bits per heavy atom. The Balaban J connectivity index is 1.59. The number of likely N-dealkylation sites (tertiary alicyclic amines) is 1. The van der Waals surface area contributed by atoms with E-state index in [1.807, 2.05) is 12.1 Å². The molecule has 1 amide bonds. The Labute approximate surface area is 147 Å². The van der Waals surface area contributed by atoms with Crippen molar-refractivity contribution in [1.82, 2.24) is 14.9 Å². The maximum Gasteiger partial charge on any atom is 0.257 e. The predicted octanol–water partition coefficient (Wildman–Crippen LogP) is 3.32.